The summed E-state index contributed by atoms with van der Waals surface area (Å²) in [7, 11) is -1.34. The van der Waals surface area contributed by atoms with Gasteiger partial charge in [-0.2, -0.15) is 0 Å². The number of fused-ring (bicyclic) bond motifs is 6. The third-order valence-electron chi connectivity index (χ3n) is 6.60. The van der Waals surface area contributed by atoms with Gasteiger partial charge in [0.15, 0.2) is 16.3 Å². The van der Waals surface area contributed by atoms with E-state index in [4.69, 9.17) is 76.9 Å². The second kappa shape index (κ2) is 13.8. The highest BCUT2D eigenvalue weighted by molar-refractivity contribution is 6.58. The number of benzene rings is 4. The Morgan fingerprint density at radius 1 is 0.543 bits per heavy atom. The molecule has 228 valence electrons. The zero-order valence-electron chi connectivity index (χ0n) is 23.2. The maximum Gasteiger partial charge on any atom is 0.488 e. The molecule has 2 N–H and O–H groups in total. The lowest BCUT2D eigenvalue weighted by molar-refractivity contribution is 0.426. The van der Waals surface area contributed by atoms with Crippen molar-refractivity contribution in [2.45, 2.75) is 0 Å². The van der Waals surface area contributed by atoms with Crippen molar-refractivity contribution < 1.29 is 18.9 Å². The maximum atomic E-state index is 8.58. The highest BCUT2D eigenvalue weighted by atomic mass is 35.5. The molecule has 46 heavy (non-hydrogen) atoms. The summed E-state index contributed by atoms with van der Waals surface area (Å²) in [5, 5.41) is 20.5. The second-order valence-electron chi connectivity index (χ2n) is 9.62. The second-order valence-corrected chi connectivity index (χ2v) is 11.5. The molecule has 4 aromatic heterocycles. The molecule has 0 aliphatic rings. The third kappa shape index (κ3) is 6.91. The monoisotopic (exact) mass is 708 g/mol. The Morgan fingerprint density at radius 2 is 1.04 bits per heavy atom. The van der Waals surface area contributed by atoms with E-state index in [9.17, 15) is 0 Å². The molecule has 4 heterocycles. The van der Waals surface area contributed by atoms with Crippen LogP contribution in [0.5, 0.6) is 0 Å². The SMILES string of the molecule is Clc1ccc2oc3c(-c4ccccc4)nc(Cl)nc3c2c1.Clc1ccc2oc3c(Cl)nc(Cl)nc3c2c1.OB(O)c1ccccc1. The molecule has 0 fully saturated rings. The van der Waals surface area contributed by atoms with Crippen LogP contribution in [0.25, 0.3) is 55.4 Å². The smallest absolute Gasteiger partial charge is 0.452 e. The number of rotatable bonds is 2. The summed E-state index contributed by atoms with van der Waals surface area (Å²) < 4.78 is 11.4. The Kier molecular flexibility index (Phi) is 9.63. The van der Waals surface area contributed by atoms with E-state index in [-0.39, 0.29) is 15.7 Å². The van der Waals surface area contributed by atoms with Crippen LogP contribution in [0.4, 0.5) is 0 Å². The molecule has 0 spiro atoms. The minimum Gasteiger partial charge on any atom is -0.452 e. The topological polar surface area (TPSA) is 118 Å². The van der Waals surface area contributed by atoms with Crippen LogP contribution in [0.2, 0.25) is 25.8 Å². The number of hydrogen-bond acceptors (Lipinski definition) is 8. The first-order valence-electron chi connectivity index (χ1n) is 13.4. The molecule has 14 heteroatoms. The molecule has 0 bridgehead atoms. The van der Waals surface area contributed by atoms with E-state index in [0.717, 1.165) is 16.3 Å². The first kappa shape index (κ1) is 32.0. The van der Waals surface area contributed by atoms with Crippen LogP contribution in [-0.2, 0) is 0 Å². The lowest BCUT2D eigenvalue weighted by atomic mass is 9.81. The third-order valence-corrected chi connectivity index (χ3v) is 7.66. The average molecular weight is 711 g/mol. The van der Waals surface area contributed by atoms with Crippen molar-refractivity contribution in [3.63, 3.8) is 0 Å². The van der Waals surface area contributed by atoms with Gasteiger partial charge in [0.25, 0.3) is 0 Å². The Labute approximate surface area is 286 Å². The molecule has 0 unspecified atom stereocenters. The van der Waals surface area contributed by atoms with Crippen LogP contribution >= 0.6 is 58.0 Å². The molecule has 0 radical (unpaired) electrons. The van der Waals surface area contributed by atoms with Crippen LogP contribution < -0.4 is 5.46 Å². The molecule has 4 aromatic carbocycles. The van der Waals surface area contributed by atoms with E-state index in [1.54, 1.807) is 48.5 Å². The number of nitrogens with zero attached hydrogens (tertiary/aromatic N) is 4. The van der Waals surface area contributed by atoms with Gasteiger partial charge in [0.05, 0.1) is 0 Å². The van der Waals surface area contributed by atoms with Gasteiger partial charge in [-0.3, -0.25) is 0 Å². The Morgan fingerprint density at radius 3 is 1.59 bits per heavy atom. The van der Waals surface area contributed by atoms with Crippen LogP contribution in [0, 0.1) is 0 Å². The zero-order chi connectivity index (χ0) is 32.4. The van der Waals surface area contributed by atoms with Gasteiger partial charge >= 0.3 is 7.12 Å². The van der Waals surface area contributed by atoms with Crippen molar-refractivity contribution in [3.05, 3.63) is 123 Å². The van der Waals surface area contributed by atoms with Crippen LogP contribution in [0.15, 0.2) is 106 Å². The van der Waals surface area contributed by atoms with Gasteiger partial charge in [-0.1, -0.05) is 95.5 Å². The highest BCUT2D eigenvalue weighted by Gasteiger charge is 2.17. The predicted octanol–water partition coefficient (Wildman–Crippen LogP) is 9.05. The average Bonchev–Trinajstić information content (AvgIpc) is 3.60. The molecule has 8 rings (SSSR count). The molecular weight excluding hydrogens is 692 g/mol. The van der Waals surface area contributed by atoms with Crippen LogP contribution in [0.1, 0.15) is 0 Å². The highest BCUT2D eigenvalue weighted by Crippen LogP contribution is 2.36. The number of halogens is 5. The molecule has 0 aliphatic carbocycles. The molecule has 0 atom stereocenters. The van der Waals surface area contributed by atoms with E-state index >= 15 is 0 Å². The number of aromatic nitrogens is 4. The van der Waals surface area contributed by atoms with Crippen molar-refractivity contribution in [3.8, 4) is 11.3 Å². The summed E-state index contributed by atoms with van der Waals surface area (Å²) in [4.78, 5) is 16.5. The van der Waals surface area contributed by atoms with Crippen molar-refractivity contribution in [1.82, 2.24) is 19.9 Å². The van der Waals surface area contributed by atoms with E-state index < -0.39 is 7.12 Å². The number of hydrogen-bond donors (Lipinski definition) is 2. The summed E-state index contributed by atoms with van der Waals surface area (Å²) in [6, 6.07) is 29.1. The standard InChI is InChI=1S/C16H8Cl2N2O.C10H3Cl3N2O.C6H7BO2/c17-10-6-7-12-11(8-10)14-15(21-12)13(19-16(18)20-14)9-4-2-1-3-5-9;11-4-1-2-6-5(3-4)7-8(16-6)9(12)15-10(13)14-7;8-7(9)6-4-2-1-3-5-6/h1-8H;1-3H;1-5,8-9H. The number of furan rings is 2. The van der Waals surface area contributed by atoms with E-state index in [1.165, 1.54) is 0 Å². The fourth-order valence-corrected chi connectivity index (χ4v) is 5.50. The van der Waals surface area contributed by atoms with Crippen molar-refractivity contribution >= 4 is 115 Å². The zero-order valence-corrected chi connectivity index (χ0v) is 27.0. The van der Waals surface area contributed by atoms with Crippen LogP contribution in [0.3, 0.4) is 0 Å². The quantitative estimate of drug-likeness (QED) is 0.104. The first-order valence-corrected chi connectivity index (χ1v) is 15.3. The maximum absolute atomic E-state index is 8.58. The lowest BCUT2D eigenvalue weighted by Crippen LogP contribution is -2.29. The van der Waals surface area contributed by atoms with Gasteiger partial charge in [0, 0.05) is 26.4 Å². The summed E-state index contributed by atoms with van der Waals surface area (Å²) in [5.74, 6) is 0. The first-order chi connectivity index (χ1) is 22.2. The normalized spacial score (nSPS) is 10.9. The molecule has 8 aromatic rings. The summed E-state index contributed by atoms with van der Waals surface area (Å²) in [6.07, 6.45) is 0. The molecule has 0 saturated heterocycles. The summed E-state index contributed by atoms with van der Waals surface area (Å²) in [5.41, 5.74) is 5.77. The van der Waals surface area contributed by atoms with Crippen LogP contribution in [-0.4, -0.2) is 37.1 Å². The summed E-state index contributed by atoms with van der Waals surface area (Å²) in [6.45, 7) is 0. The largest absolute Gasteiger partial charge is 0.488 e. The lowest BCUT2D eigenvalue weighted by Gasteiger charge is -2.01. The minimum atomic E-state index is -1.34. The van der Waals surface area contributed by atoms with Crippen molar-refractivity contribution in [2.24, 2.45) is 0 Å². The van der Waals surface area contributed by atoms with Gasteiger partial charge in [-0.25, -0.2) is 19.9 Å². The van der Waals surface area contributed by atoms with E-state index in [1.807, 2.05) is 48.5 Å². The van der Waals surface area contributed by atoms with Gasteiger partial charge in [0.2, 0.25) is 10.6 Å². The van der Waals surface area contributed by atoms with Crippen molar-refractivity contribution in [2.75, 3.05) is 0 Å². The fraction of sp³-hybridized carbons (Fsp3) is 0. The van der Waals surface area contributed by atoms with E-state index in [0.29, 0.717) is 54.6 Å². The van der Waals surface area contributed by atoms with Gasteiger partial charge in [0.1, 0.15) is 27.9 Å². The molecular formula is C32H18BCl5N4O4. The molecule has 0 aliphatic heterocycles. The van der Waals surface area contributed by atoms with Gasteiger partial charge < -0.3 is 18.9 Å². The Balaban J connectivity index is 0.000000131. The summed E-state index contributed by atoms with van der Waals surface area (Å²) >= 11 is 29.7. The van der Waals surface area contributed by atoms with Crippen molar-refractivity contribution in [1.29, 1.82) is 0 Å². The minimum absolute atomic E-state index is 0.0835. The fourth-order valence-electron chi connectivity index (χ4n) is 4.56. The van der Waals surface area contributed by atoms with E-state index in [2.05, 4.69) is 19.9 Å². The van der Waals surface area contributed by atoms with Gasteiger partial charge in [-0.15, -0.1) is 0 Å². The van der Waals surface area contributed by atoms with Gasteiger partial charge in [-0.05, 0) is 65.1 Å². The Hall–Kier alpha value is -3.93. The molecule has 8 nitrogen and oxygen atoms in total. The Bertz CT molecular complexity index is 2320. The molecule has 0 saturated carbocycles. The molecule has 0 amide bonds. The predicted molar refractivity (Wildman–Crippen MR) is 185 cm³/mol.